The van der Waals surface area contributed by atoms with Gasteiger partial charge in [0.15, 0.2) is 11.6 Å². The first-order valence-corrected chi connectivity index (χ1v) is 34.2. The van der Waals surface area contributed by atoms with Gasteiger partial charge in [-0.3, -0.25) is 57.5 Å². The highest BCUT2D eigenvalue weighted by Gasteiger charge is 2.46. The van der Waals surface area contributed by atoms with E-state index in [-0.39, 0.29) is 92.5 Å². The van der Waals surface area contributed by atoms with E-state index in [0.717, 1.165) is 24.2 Å². The molecular weight excluding hydrogens is 1170 g/mol. The van der Waals surface area contributed by atoms with Crippen LogP contribution in [-0.2, 0) is 57.5 Å². The Morgan fingerprint density at radius 3 is 1.34 bits per heavy atom. The maximum Gasteiger partial charge on any atom is 0.246 e. The van der Waals surface area contributed by atoms with Gasteiger partial charge >= 0.3 is 0 Å². The SMILES string of the molecule is CC[C@@H]1NC(=O)[C@H]([C@H](O)[C@H](C)CCCCCCNC(C)=O)N(C)C(=O)[C@H](C(C)C)N(C)C(=O)[C@H](CC(C)C)N(C)C(=O)[C@H](CC(C)C)N(C)C(=O)[C@@H](C)CC(=O)[C@H](C)CC(=O)[C@H](CC(C)C)N(C)C(=O)[C@H](C(C)C)CC(=O)[C@H](CC(C)C)N(C)C(=O)[C@@H](C)N(C)C1=O. The molecule has 0 bridgehead atoms. The van der Waals surface area contributed by atoms with Gasteiger partial charge in [0.1, 0.15) is 42.0 Å². The molecule has 1 saturated heterocycles. The molecule has 0 spiro atoms. The predicted octanol–water partition coefficient (Wildman–Crippen LogP) is 7.05. The van der Waals surface area contributed by atoms with Crippen molar-refractivity contribution in [1.29, 1.82) is 0 Å². The molecule has 1 aliphatic rings. The molecule has 92 heavy (non-hydrogen) atoms. The fourth-order valence-corrected chi connectivity index (χ4v) is 12.6. The Morgan fingerprint density at radius 2 is 0.880 bits per heavy atom. The Hall–Kier alpha value is -5.80. The number of carbonyl (C=O) groups is 12. The van der Waals surface area contributed by atoms with Crippen LogP contribution in [0.1, 0.15) is 208 Å². The molecule has 0 aliphatic carbocycles. The number of likely N-dealkylation sites (N-methyl/N-ethyl adjacent to an activating group) is 7. The van der Waals surface area contributed by atoms with Crippen LogP contribution in [0.25, 0.3) is 0 Å². The number of unbranched alkanes of at least 4 members (excludes halogenated alkanes) is 3. The molecule has 0 aromatic heterocycles. The van der Waals surface area contributed by atoms with E-state index in [1.807, 2.05) is 69.2 Å². The van der Waals surface area contributed by atoms with Gasteiger partial charge in [-0.2, -0.15) is 0 Å². The van der Waals surface area contributed by atoms with Crippen LogP contribution in [0.5, 0.6) is 0 Å². The Labute approximate surface area is 553 Å². The molecule has 0 aromatic rings. The lowest BCUT2D eigenvalue weighted by Gasteiger charge is -2.41. The molecule has 22 nitrogen and oxygen atoms in total. The number of nitrogens with one attached hydrogen (secondary N) is 2. The molecule has 0 radical (unpaired) electrons. The summed E-state index contributed by atoms with van der Waals surface area (Å²) in [5, 5.41) is 18.0. The second-order valence-corrected chi connectivity index (χ2v) is 29.3. The number of carbonyl (C=O) groups excluding carboxylic acids is 12. The Balaban J connectivity index is 4.36. The smallest absolute Gasteiger partial charge is 0.246 e. The summed E-state index contributed by atoms with van der Waals surface area (Å²) in [6.07, 6.45) is 1.93. The van der Waals surface area contributed by atoms with Gasteiger partial charge in [0.05, 0.1) is 18.2 Å². The zero-order chi connectivity index (χ0) is 71.3. The number of aliphatic hydroxyl groups excluding tert-OH is 1. The molecule has 0 saturated carbocycles. The number of hydrogen-bond acceptors (Lipinski definition) is 13. The summed E-state index contributed by atoms with van der Waals surface area (Å²) in [5.41, 5.74) is 0. The van der Waals surface area contributed by atoms with Gasteiger partial charge in [0.25, 0.3) is 0 Å². The summed E-state index contributed by atoms with van der Waals surface area (Å²) in [4.78, 5) is 183. The topological polar surface area (TPSA) is 272 Å². The average molecular weight is 1300 g/mol. The van der Waals surface area contributed by atoms with E-state index in [0.29, 0.717) is 19.4 Å². The van der Waals surface area contributed by atoms with Crippen LogP contribution in [0.4, 0.5) is 0 Å². The third kappa shape index (κ3) is 24.5. The normalized spacial score (nSPS) is 26.7. The van der Waals surface area contributed by atoms with Crippen LogP contribution in [0, 0.1) is 59.2 Å². The molecule has 22 heteroatoms. The minimum Gasteiger partial charge on any atom is -0.390 e. The van der Waals surface area contributed by atoms with Crippen LogP contribution in [-0.4, -0.2) is 220 Å². The van der Waals surface area contributed by atoms with Crippen LogP contribution >= 0.6 is 0 Å². The molecule has 1 rings (SSSR count). The fraction of sp³-hybridized carbons (Fsp3) is 0.829. The lowest BCUT2D eigenvalue weighted by Crippen LogP contribution is -2.63. The van der Waals surface area contributed by atoms with Gasteiger partial charge in [-0.1, -0.05) is 130 Å². The molecule has 3 N–H and O–H groups in total. The maximum absolute atomic E-state index is 15.4. The third-order valence-corrected chi connectivity index (χ3v) is 18.7. The summed E-state index contributed by atoms with van der Waals surface area (Å²) < 4.78 is 0. The Bertz CT molecular complexity index is 2480. The lowest BCUT2D eigenvalue weighted by molar-refractivity contribution is -0.157. The first-order valence-electron chi connectivity index (χ1n) is 34.2. The molecule has 0 unspecified atom stereocenters. The van der Waals surface area contributed by atoms with Gasteiger partial charge in [-0.05, 0) is 93.3 Å². The van der Waals surface area contributed by atoms with Crippen molar-refractivity contribution >= 4 is 70.5 Å². The highest BCUT2D eigenvalue weighted by atomic mass is 16.3. The van der Waals surface area contributed by atoms with Crippen molar-refractivity contribution < 1.29 is 62.6 Å². The number of hydrogen-bond donors (Lipinski definition) is 3. The highest BCUT2D eigenvalue weighted by molar-refractivity contribution is 6.00. The van der Waals surface area contributed by atoms with E-state index in [2.05, 4.69) is 10.6 Å². The molecule has 1 heterocycles. The van der Waals surface area contributed by atoms with Gasteiger partial charge in [-0.15, -0.1) is 0 Å². The van der Waals surface area contributed by atoms with Crippen molar-refractivity contribution in [3.05, 3.63) is 0 Å². The quantitative estimate of drug-likeness (QED) is 0.103. The molecule has 528 valence electrons. The van der Waals surface area contributed by atoms with E-state index in [1.165, 1.54) is 92.6 Å². The zero-order valence-electron chi connectivity index (χ0n) is 61.3. The van der Waals surface area contributed by atoms with E-state index in [1.54, 1.807) is 41.5 Å². The van der Waals surface area contributed by atoms with E-state index >= 15 is 19.2 Å². The largest absolute Gasteiger partial charge is 0.390 e. The number of rotatable bonds is 20. The number of aliphatic hydroxyl groups is 1. The summed E-state index contributed by atoms with van der Waals surface area (Å²) in [7, 11) is 10.2. The first-order chi connectivity index (χ1) is 42.5. The number of amides is 9. The lowest BCUT2D eigenvalue weighted by atomic mass is 9.84. The number of Topliss-reactive ketones (excluding diaryl/α,β-unsaturated/α-hetero) is 3. The van der Waals surface area contributed by atoms with Crippen molar-refractivity contribution in [2.24, 2.45) is 59.2 Å². The monoisotopic (exact) mass is 1300 g/mol. The molecule has 13 atom stereocenters. The van der Waals surface area contributed by atoms with Gasteiger partial charge in [0, 0.05) is 99.8 Å². The Kier molecular flexibility index (Phi) is 35.8. The minimum absolute atomic E-state index is 0.0187. The summed E-state index contributed by atoms with van der Waals surface area (Å²) in [6, 6.07) is -9.59. The van der Waals surface area contributed by atoms with Crippen molar-refractivity contribution in [1.82, 2.24) is 44.9 Å². The van der Waals surface area contributed by atoms with Crippen molar-refractivity contribution in [2.75, 3.05) is 55.9 Å². The summed E-state index contributed by atoms with van der Waals surface area (Å²) in [5.74, 6) is -10.9. The highest BCUT2D eigenvalue weighted by Crippen LogP contribution is 2.30. The van der Waals surface area contributed by atoms with Crippen molar-refractivity contribution in [2.45, 2.75) is 263 Å². The van der Waals surface area contributed by atoms with Gasteiger partial charge < -0.3 is 50.0 Å². The third-order valence-electron chi connectivity index (χ3n) is 18.7. The van der Waals surface area contributed by atoms with E-state index in [4.69, 9.17) is 0 Å². The molecule has 9 amide bonds. The summed E-state index contributed by atoms with van der Waals surface area (Å²) >= 11 is 0. The number of nitrogens with zero attached hydrogens (tertiary/aromatic N) is 7. The van der Waals surface area contributed by atoms with Crippen LogP contribution in [0.2, 0.25) is 0 Å². The van der Waals surface area contributed by atoms with E-state index in [9.17, 15) is 43.5 Å². The number of ketones is 3. The van der Waals surface area contributed by atoms with Crippen molar-refractivity contribution in [3.63, 3.8) is 0 Å². The molecule has 0 aromatic carbocycles. The second kappa shape index (κ2) is 39.2. The van der Waals surface area contributed by atoms with Crippen molar-refractivity contribution in [3.8, 4) is 0 Å². The predicted molar refractivity (Wildman–Crippen MR) is 359 cm³/mol. The maximum atomic E-state index is 15.4. The van der Waals surface area contributed by atoms with Crippen LogP contribution in [0.3, 0.4) is 0 Å². The van der Waals surface area contributed by atoms with Crippen LogP contribution in [0.15, 0.2) is 0 Å². The fourth-order valence-electron chi connectivity index (χ4n) is 12.6. The standard InChI is InChI=1S/C70H125N9O13/c1-26-52-67(89)73(19)49(17)65(87)74(20)54(34-41(4)5)59(83)39-51(44(10)11)66(88)75(21)53(33-40(2)3)58(82)37-47(15)57(81)38-48(16)64(86)76(22)55(35-42(6)7)68(90)77(23)56(36-43(8)9)69(91)78(24)60(45(12)13)70(92)79(25)61(63(85)72-52)62(84)46(14)31-29-27-28-30-32-71-50(18)80/h40-49,51-56,60-62,84H,26-39H2,1-25H3,(H,71,80)(H,72,85)/t46-,47-,48+,49-,51+,52+,53+,54+,55+,56+,60+,61+,62-/m1/s1. The van der Waals surface area contributed by atoms with Gasteiger partial charge in [-0.25, -0.2) is 0 Å². The average Bonchev–Trinajstić information content (AvgIpc) is 0.815. The molecule has 1 aliphatic heterocycles. The van der Waals surface area contributed by atoms with Gasteiger partial charge in [0.2, 0.25) is 53.2 Å². The molecule has 1 fully saturated rings. The first kappa shape index (κ1) is 84.2. The van der Waals surface area contributed by atoms with Crippen LogP contribution < -0.4 is 10.6 Å². The molecular formula is C70H125N9O13. The summed E-state index contributed by atoms with van der Waals surface area (Å²) in [6.45, 7) is 32.4. The zero-order valence-corrected chi connectivity index (χ0v) is 61.3. The minimum atomic E-state index is -1.62. The second-order valence-electron chi connectivity index (χ2n) is 29.3. The Morgan fingerprint density at radius 1 is 0.467 bits per heavy atom. The van der Waals surface area contributed by atoms with E-state index < -0.39 is 143 Å².